The number of carbonyl (C=O) groups excluding carboxylic acids is 1. The van der Waals surface area contributed by atoms with Crippen LogP contribution in [0.15, 0.2) is 30.3 Å². The molecule has 2 saturated carbocycles. The normalized spacial score (nSPS) is 31.2. The molecular weight excluding hydrogens is 212 g/mol. The van der Waals surface area contributed by atoms with Crippen molar-refractivity contribution in [3.8, 4) is 5.75 Å². The highest BCUT2D eigenvalue weighted by atomic mass is 16.5. The number of rotatable bonds is 2. The molecule has 2 aliphatic carbocycles. The Bertz CT molecular complexity index is 399. The molecule has 0 bridgehead atoms. The molecule has 2 aliphatic rings. The standard InChI is InChI=1S/C15H18O2/c16-15(17-14-4-2-1-3-5-14)13-9-7-11-6-8-12(11)10-13/h1-5,11-13H,6-10H2. The summed E-state index contributed by atoms with van der Waals surface area (Å²) in [4.78, 5) is 12.0. The largest absolute Gasteiger partial charge is 0.426 e. The molecule has 0 heterocycles. The van der Waals surface area contributed by atoms with Crippen LogP contribution in [0.3, 0.4) is 0 Å². The summed E-state index contributed by atoms with van der Waals surface area (Å²) in [5.41, 5.74) is 0. The molecule has 1 aromatic carbocycles. The van der Waals surface area contributed by atoms with Gasteiger partial charge in [0.15, 0.2) is 0 Å². The Morgan fingerprint density at radius 3 is 2.35 bits per heavy atom. The highest BCUT2D eigenvalue weighted by Gasteiger charge is 2.39. The summed E-state index contributed by atoms with van der Waals surface area (Å²) in [6.45, 7) is 0. The Morgan fingerprint density at radius 2 is 1.71 bits per heavy atom. The van der Waals surface area contributed by atoms with Crippen LogP contribution in [0.2, 0.25) is 0 Å². The molecule has 2 heteroatoms. The van der Waals surface area contributed by atoms with Crippen molar-refractivity contribution in [2.24, 2.45) is 17.8 Å². The lowest BCUT2D eigenvalue weighted by atomic mass is 9.63. The topological polar surface area (TPSA) is 26.3 Å². The third kappa shape index (κ3) is 2.21. The summed E-state index contributed by atoms with van der Waals surface area (Å²) < 4.78 is 5.42. The molecule has 3 atom stereocenters. The minimum Gasteiger partial charge on any atom is -0.426 e. The maximum atomic E-state index is 12.0. The zero-order chi connectivity index (χ0) is 11.7. The van der Waals surface area contributed by atoms with E-state index in [0.29, 0.717) is 5.75 Å². The van der Waals surface area contributed by atoms with Crippen LogP contribution in [0.1, 0.15) is 32.1 Å². The Balaban J connectivity index is 1.59. The van der Waals surface area contributed by atoms with E-state index in [1.54, 1.807) is 0 Å². The zero-order valence-corrected chi connectivity index (χ0v) is 9.97. The van der Waals surface area contributed by atoms with Crippen LogP contribution in [-0.2, 0) is 4.79 Å². The molecule has 90 valence electrons. The molecule has 0 aliphatic heterocycles. The summed E-state index contributed by atoms with van der Waals surface area (Å²) in [5.74, 6) is 2.50. The van der Waals surface area contributed by atoms with E-state index in [1.165, 1.54) is 19.3 Å². The summed E-state index contributed by atoms with van der Waals surface area (Å²) in [7, 11) is 0. The van der Waals surface area contributed by atoms with E-state index in [4.69, 9.17) is 4.74 Å². The Hall–Kier alpha value is -1.31. The number of carbonyl (C=O) groups is 1. The first-order valence-electron chi connectivity index (χ1n) is 6.59. The predicted molar refractivity (Wildman–Crippen MR) is 65.6 cm³/mol. The first-order chi connectivity index (χ1) is 8.33. The Labute approximate surface area is 102 Å². The fraction of sp³-hybridized carbons (Fsp3) is 0.533. The van der Waals surface area contributed by atoms with Gasteiger partial charge in [-0.25, -0.2) is 0 Å². The van der Waals surface area contributed by atoms with Gasteiger partial charge in [0.1, 0.15) is 5.75 Å². The molecule has 0 spiro atoms. The van der Waals surface area contributed by atoms with Crippen LogP contribution in [0, 0.1) is 17.8 Å². The van der Waals surface area contributed by atoms with Crippen LogP contribution in [0.4, 0.5) is 0 Å². The van der Waals surface area contributed by atoms with E-state index >= 15 is 0 Å². The summed E-state index contributed by atoms with van der Waals surface area (Å²) in [6, 6.07) is 9.40. The fourth-order valence-electron chi connectivity index (χ4n) is 3.13. The molecule has 0 saturated heterocycles. The lowest BCUT2D eigenvalue weighted by molar-refractivity contribution is -0.142. The number of benzene rings is 1. The van der Waals surface area contributed by atoms with Gasteiger partial charge in [-0.05, 0) is 56.1 Å². The maximum absolute atomic E-state index is 12.0. The van der Waals surface area contributed by atoms with Crippen molar-refractivity contribution >= 4 is 5.97 Å². The minimum absolute atomic E-state index is 0.0263. The molecule has 3 unspecified atom stereocenters. The van der Waals surface area contributed by atoms with E-state index in [-0.39, 0.29) is 11.9 Å². The van der Waals surface area contributed by atoms with Crippen molar-refractivity contribution in [3.63, 3.8) is 0 Å². The van der Waals surface area contributed by atoms with E-state index in [9.17, 15) is 4.79 Å². The summed E-state index contributed by atoms with van der Waals surface area (Å²) in [6.07, 6.45) is 5.99. The third-order valence-electron chi connectivity index (χ3n) is 4.34. The first kappa shape index (κ1) is 10.8. The van der Waals surface area contributed by atoms with E-state index in [0.717, 1.165) is 24.7 Å². The lowest BCUT2D eigenvalue weighted by Gasteiger charge is -2.43. The molecule has 0 N–H and O–H groups in total. The highest BCUT2D eigenvalue weighted by molar-refractivity contribution is 5.75. The molecule has 17 heavy (non-hydrogen) atoms. The second kappa shape index (κ2) is 4.52. The fourth-order valence-corrected chi connectivity index (χ4v) is 3.13. The molecule has 0 radical (unpaired) electrons. The SMILES string of the molecule is O=C(Oc1ccccc1)C1CCC2CCC2C1. The van der Waals surface area contributed by atoms with Gasteiger partial charge in [0.2, 0.25) is 0 Å². The molecule has 2 nitrogen and oxygen atoms in total. The average molecular weight is 230 g/mol. The molecule has 3 rings (SSSR count). The summed E-state index contributed by atoms with van der Waals surface area (Å²) in [5, 5.41) is 0. The number of hydrogen-bond acceptors (Lipinski definition) is 2. The second-order valence-corrected chi connectivity index (χ2v) is 5.34. The van der Waals surface area contributed by atoms with Crippen molar-refractivity contribution in [3.05, 3.63) is 30.3 Å². The van der Waals surface area contributed by atoms with Gasteiger partial charge in [-0.3, -0.25) is 4.79 Å². The van der Waals surface area contributed by atoms with Gasteiger partial charge in [0, 0.05) is 0 Å². The second-order valence-electron chi connectivity index (χ2n) is 5.34. The zero-order valence-electron chi connectivity index (χ0n) is 9.97. The molecule has 0 aromatic heterocycles. The van der Waals surface area contributed by atoms with Gasteiger partial charge in [0.05, 0.1) is 5.92 Å². The quantitative estimate of drug-likeness (QED) is 0.575. The smallest absolute Gasteiger partial charge is 0.314 e. The van der Waals surface area contributed by atoms with Gasteiger partial charge in [0.25, 0.3) is 0 Å². The number of esters is 1. The number of ether oxygens (including phenoxy) is 1. The van der Waals surface area contributed by atoms with Crippen LogP contribution in [0.25, 0.3) is 0 Å². The van der Waals surface area contributed by atoms with Gasteiger partial charge in [-0.2, -0.15) is 0 Å². The molecule has 1 aromatic rings. The molecule has 2 fully saturated rings. The monoisotopic (exact) mass is 230 g/mol. The predicted octanol–water partition coefficient (Wildman–Crippen LogP) is 3.42. The Morgan fingerprint density at radius 1 is 1.00 bits per heavy atom. The van der Waals surface area contributed by atoms with Crippen molar-refractivity contribution in [2.45, 2.75) is 32.1 Å². The average Bonchev–Trinajstić information content (AvgIpc) is 2.32. The minimum atomic E-state index is -0.0263. The van der Waals surface area contributed by atoms with Gasteiger partial charge in [-0.1, -0.05) is 18.2 Å². The number of fused-ring (bicyclic) bond motifs is 1. The maximum Gasteiger partial charge on any atom is 0.314 e. The number of para-hydroxylation sites is 1. The Kier molecular flexibility index (Phi) is 2.87. The van der Waals surface area contributed by atoms with Crippen LogP contribution >= 0.6 is 0 Å². The highest BCUT2D eigenvalue weighted by Crippen LogP contribution is 2.47. The number of hydrogen-bond donors (Lipinski definition) is 0. The van der Waals surface area contributed by atoms with Gasteiger partial charge in [-0.15, -0.1) is 0 Å². The van der Waals surface area contributed by atoms with Crippen LogP contribution in [0.5, 0.6) is 5.75 Å². The van der Waals surface area contributed by atoms with Crippen molar-refractivity contribution in [2.75, 3.05) is 0 Å². The van der Waals surface area contributed by atoms with E-state index in [2.05, 4.69) is 0 Å². The van der Waals surface area contributed by atoms with Crippen molar-refractivity contribution in [1.82, 2.24) is 0 Å². The van der Waals surface area contributed by atoms with Crippen molar-refractivity contribution in [1.29, 1.82) is 0 Å². The molecule has 0 amide bonds. The van der Waals surface area contributed by atoms with Crippen LogP contribution < -0.4 is 4.74 Å². The first-order valence-corrected chi connectivity index (χ1v) is 6.59. The van der Waals surface area contributed by atoms with Crippen LogP contribution in [-0.4, -0.2) is 5.97 Å². The molecular formula is C15H18O2. The van der Waals surface area contributed by atoms with Gasteiger partial charge >= 0.3 is 5.97 Å². The van der Waals surface area contributed by atoms with E-state index < -0.39 is 0 Å². The van der Waals surface area contributed by atoms with Gasteiger partial charge < -0.3 is 4.74 Å². The van der Waals surface area contributed by atoms with E-state index in [1.807, 2.05) is 30.3 Å². The lowest BCUT2D eigenvalue weighted by Crippen LogP contribution is -2.36. The van der Waals surface area contributed by atoms with Crippen molar-refractivity contribution < 1.29 is 9.53 Å². The summed E-state index contributed by atoms with van der Waals surface area (Å²) >= 11 is 0. The third-order valence-corrected chi connectivity index (χ3v) is 4.34.